The van der Waals surface area contributed by atoms with E-state index in [4.69, 9.17) is 10.5 Å². The van der Waals surface area contributed by atoms with Gasteiger partial charge in [0.2, 0.25) is 5.91 Å². The predicted molar refractivity (Wildman–Crippen MR) is 119 cm³/mol. The summed E-state index contributed by atoms with van der Waals surface area (Å²) >= 11 is 0. The fourth-order valence-electron chi connectivity index (χ4n) is 3.19. The molecule has 31 heavy (non-hydrogen) atoms. The second-order valence-electron chi connectivity index (χ2n) is 6.69. The average molecular weight is 413 g/mol. The molecule has 4 rings (SSSR count). The minimum Gasteiger partial charge on any atom is -0.497 e. The number of benzene rings is 2. The molecule has 0 bridgehead atoms. The molecule has 0 spiro atoms. The molecule has 0 atom stereocenters. The number of primary amides is 1. The Balaban J connectivity index is 1.57. The number of carbonyl (C=O) groups is 2. The highest BCUT2D eigenvalue weighted by atomic mass is 16.5. The van der Waals surface area contributed by atoms with Gasteiger partial charge in [-0.2, -0.15) is 0 Å². The maximum atomic E-state index is 12.4. The standard InChI is InChI=1S/C23H19N5O3/c1-31-17-8-5-14(6-9-17)7-10-19(29)28-16-4-2-3-15(11-16)21-20-18(22(24)30)12-25-23(20)27-13-26-21/h2-13H,1H3,(H2,24,30)(H,28,29)(H,25,26,27)/b10-7+. The molecule has 0 saturated heterocycles. The summed E-state index contributed by atoms with van der Waals surface area (Å²) in [5.74, 6) is -0.102. The normalized spacial score (nSPS) is 11.0. The number of fused-ring (bicyclic) bond motifs is 1. The molecule has 2 heterocycles. The van der Waals surface area contributed by atoms with Crippen LogP contribution in [-0.2, 0) is 4.79 Å². The molecule has 0 aliphatic rings. The summed E-state index contributed by atoms with van der Waals surface area (Å²) in [6.07, 6.45) is 6.09. The van der Waals surface area contributed by atoms with E-state index in [1.54, 1.807) is 31.4 Å². The van der Waals surface area contributed by atoms with E-state index in [0.717, 1.165) is 11.3 Å². The first-order chi connectivity index (χ1) is 15.0. The van der Waals surface area contributed by atoms with Crippen molar-refractivity contribution in [3.05, 3.63) is 78.3 Å². The summed E-state index contributed by atoms with van der Waals surface area (Å²) in [7, 11) is 1.60. The van der Waals surface area contributed by atoms with E-state index in [9.17, 15) is 9.59 Å². The zero-order chi connectivity index (χ0) is 21.8. The van der Waals surface area contributed by atoms with Crippen LogP contribution >= 0.6 is 0 Å². The van der Waals surface area contributed by atoms with Gasteiger partial charge in [-0.15, -0.1) is 0 Å². The van der Waals surface area contributed by atoms with Crippen molar-refractivity contribution >= 4 is 34.6 Å². The minimum atomic E-state index is -0.574. The van der Waals surface area contributed by atoms with Crippen molar-refractivity contribution in [2.75, 3.05) is 12.4 Å². The van der Waals surface area contributed by atoms with Crippen LogP contribution in [0, 0.1) is 0 Å². The van der Waals surface area contributed by atoms with E-state index in [2.05, 4.69) is 20.3 Å². The Kier molecular flexibility index (Phi) is 5.44. The van der Waals surface area contributed by atoms with Crippen LogP contribution in [-0.4, -0.2) is 33.9 Å². The molecule has 2 aromatic carbocycles. The van der Waals surface area contributed by atoms with Gasteiger partial charge >= 0.3 is 0 Å². The first-order valence-corrected chi connectivity index (χ1v) is 9.40. The zero-order valence-electron chi connectivity index (χ0n) is 16.6. The van der Waals surface area contributed by atoms with Crippen molar-refractivity contribution in [3.8, 4) is 17.0 Å². The molecule has 0 aliphatic carbocycles. The van der Waals surface area contributed by atoms with E-state index in [0.29, 0.717) is 33.5 Å². The topological polar surface area (TPSA) is 123 Å². The van der Waals surface area contributed by atoms with Crippen LogP contribution in [0.15, 0.2) is 67.1 Å². The van der Waals surface area contributed by atoms with Crippen LogP contribution in [0.5, 0.6) is 5.75 Å². The lowest BCUT2D eigenvalue weighted by Crippen LogP contribution is -2.10. The highest BCUT2D eigenvalue weighted by Gasteiger charge is 2.16. The number of rotatable bonds is 6. The van der Waals surface area contributed by atoms with Crippen LogP contribution in [0.4, 0.5) is 5.69 Å². The van der Waals surface area contributed by atoms with Gasteiger partial charge in [-0.05, 0) is 35.9 Å². The summed E-state index contributed by atoms with van der Waals surface area (Å²) in [6, 6.07) is 14.5. The highest BCUT2D eigenvalue weighted by molar-refractivity contribution is 6.10. The summed E-state index contributed by atoms with van der Waals surface area (Å²) in [6.45, 7) is 0. The van der Waals surface area contributed by atoms with Gasteiger partial charge in [-0.25, -0.2) is 9.97 Å². The van der Waals surface area contributed by atoms with Gasteiger partial charge < -0.3 is 20.8 Å². The Labute approximate surface area is 177 Å². The molecular formula is C23H19N5O3. The number of nitrogens with two attached hydrogens (primary N) is 1. The maximum Gasteiger partial charge on any atom is 0.251 e. The molecule has 4 N–H and O–H groups in total. The lowest BCUT2D eigenvalue weighted by atomic mass is 10.1. The van der Waals surface area contributed by atoms with E-state index in [1.807, 2.05) is 30.3 Å². The van der Waals surface area contributed by atoms with E-state index >= 15 is 0 Å². The number of anilines is 1. The van der Waals surface area contributed by atoms with Crippen molar-refractivity contribution in [2.24, 2.45) is 5.73 Å². The number of H-pyrrole nitrogens is 1. The van der Waals surface area contributed by atoms with Crippen LogP contribution in [0.1, 0.15) is 15.9 Å². The quantitative estimate of drug-likeness (QED) is 0.418. The third-order valence-electron chi connectivity index (χ3n) is 4.68. The van der Waals surface area contributed by atoms with Crippen LogP contribution in [0.2, 0.25) is 0 Å². The number of ether oxygens (including phenoxy) is 1. The first-order valence-electron chi connectivity index (χ1n) is 9.40. The van der Waals surface area contributed by atoms with Crippen molar-refractivity contribution in [3.63, 3.8) is 0 Å². The van der Waals surface area contributed by atoms with Crippen LogP contribution < -0.4 is 15.8 Å². The molecule has 4 aromatic rings. The van der Waals surface area contributed by atoms with Gasteiger partial charge in [0, 0.05) is 23.5 Å². The summed E-state index contributed by atoms with van der Waals surface area (Å²) < 4.78 is 5.12. The van der Waals surface area contributed by atoms with Crippen LogP contribution in [0.3, 0.4) is 0 Å². The van der Waals surface area contributed by atoms with Crippen molar-refractivity contribution in [1.29, 1.82) is 0 Å². The van der Waals surface area contributed by atoms with Gasteiger partial charge in [0.1, 0.15) is 17.7 Å². The van der Waals surface area contributed by atoms with Gasteiger partial charge in [0.15, 0.2) is 0 Å². The van der Waals surface area contributed by atoms with Crippen molar-refractivity contribution in [2.45, 2.75) is 0 Å². The first kappa shape index (κ1) is 19.8. The lowest BCUT2D eigenvalue weighted by Gasteiger charge is -2.07. The summed E-state index contributed by atoms with van der Waals surface area (Å²) in [5, 5.41) is 3.37. The van der Waals surface area contributed by atoms with E-state index in [1.165, 1.54) is 18.6 Å². The van der Waals surface area contributed by atoms with Gasteiger partial charge in [0.05, 0.1) is 23.8 Å². The average Bonchev–Trinajstić information content (AvgIpc) is 3.23. The molecule has 0 fully saturated rings. The number of nitrogens with zero attached hydrogens (tertiary/aromatic N) is 2. The Morgan fingerprint density at radius 3 is 2.68 bits per heavy atom. The molecule has 154 valence electrons. The number of methoxy groups -OCH3 is 1. The molecule has 0 aliphatic heterocycles. The number of hydrogen-bond acceptors (Lipinski definition) is 5. The Bertz CT molecular complexity index is 1290. The Morgan fingerprint density at radius 1 is 1.13 bits per heavy atom. The molecule has 2 amide bonds. The monoisotopic (exact) mass is 413 g/mol. The van der Waals surface area contributed by atoms with Gasteiger partial charge in [-0.3, -0.25) is 9.59 Å². The number of amides is 2. The Morgan fingerprint density at radius 2 is 1.94 bits per heavy atom. The predicted octanol–water partition coefficient (Wildman–Crippen LogP) is 3.38. The molecular weight excluding hydrogens is 394 g/mol. The largest absolute Gasteiger partial charge is 0.497 e. The van der Waals surface area contributed by atoms with Crippen molar-refractivity contribution < 1.29 is 14.3 Å². The third-order valence-corrected chi connectivity index (χ3v) is 4.68. The number of hydrogen-bond donors (Lipinski definition) is 3. The molecule has 0 unspecified atom stereocenters. The highest BCUT2D eigenvalue weighted by Crippen LogP contribution is 2.29. The van der Waals surface area contributed by atoms with Crippen molar-refractivity contribution in [1.82, 2.24) is 15.0 Å². The fourth-order valence-corrected chi connectivity index (χ4v) is 3.19. The van der Waals surface area contributed by atoms with Gasteiger partial charge in [-0.1, -0.05) is 24.3 Å². The maximum absolute atomic E-state index is 12.4. The SMILES string of the molecule is COc1ccc(/C=C/C(=O)Nc2cccc(-c3ncnc4[nH]cc(C(N)=O)c34)c2)cc1. The Hall–Kier alpha value is -4.46. The molecule has 2 aromatic heterocycles. The third kappa shape index (κ3) is 4.27. The molecule has 8 nitrogen and oxygen atoms in total. The second kappa shape index (κ2) is 8.50. The molecule has 0 radical (unpaired) electrons. The second-order valence-corrected chi connectivity index (χ2v) is 6.69. The number of aromatic nitrogens is 3. The smallest absolute Gasteiger partial charge is 0.251 e. The fraction of sp³-hybridized carbons (Fsp3) is 0.0435. The van der Waals surface area contributed by atoms with Gasteiger partial charge in [0.25, 0.3) is 5.91 Å². The number of nitrogens with one attached hydrogen (secondary N) is 2. The summed E-state index contributed by atoms with van der Waals surface area (Å²) in [4.78, 5) is 35.5. The lowest BCUT2D eigenvalue weighted by molar-refractivity contribution is -0.111. The van der Waals surface area contributed by atoms with Crippen LogP contribution in [0.25, 0.3) is 28.4 Å². The zero-order valence-corrected chi connectivity index (χ0v) is 16.6. The van der Waals surface area contributed by atoms with E-state index < -0.39 is 5.91 Å². The summed E-state index contributed by atoms with van der Waals surface area (Å²) in [5.41, 5.74) is 9.02. The number of aromatic amines is 1. The van der Waals surface area contributed by atoms with E-state index in [-0.39, 0.29) is 5.91 Å². The minimum absolute atomic E-state index is 0.278. The molecule has 0 saturated carbocycles. The molecule has 8 heteroatoms. The number of carbonyl (C=O) groups excluding carboxylic acids is 2.